The fourth-order valence-corrected chi connectivity index (χ4v) is 6.23. The maximum Gasteiger partial charge on any atom is 0.248 e. The number of aryl methyl sites for hydroxylation is 1. The molecule has 0 radical (unpaired) electrons. The third kappa shape index (κ3) is 3.44. The Morgan fingerprint density at radius 2 is 2.00 bits per heavy atom. The Labute approximate surface area is 174 Å². The third-order valence-corrected chi connectivity index (χ3v) is 8.55. The molecule has 0 bridgehead atoms. The van der Waals surface area contributed by atoms with Gasteiger partial charge in [0.2, 0.25) is 10.0 Å². The van der Waals surface area contributed by atoms with Crippen LogP contribution in [0.25, 0.3) is 10.9 Å². The smallest absolute Gasteiger partial charge is 0.244 e. The van der Waals surface area contributed by atoms with E-state index in [1.807, 2.05) is 38.1 Å². The molecule has 0 N–H and O–H groups in total. The summed E-state index contributed by atoms with van der Waals surface area (Å²) in [5.74, 6) is 0.460. The van der Waals surface area contributed by atoms with E-state index in [1.165, 1.54) is 9.54 Å². The van der Waals surface area contributed by atoms with E-state index in [2.05, 4.69) is 43.4 Å². The lowest BCUT2D eigenvalue weighted by atomic mass is 9.91. The summed E-state index contributed by atoms with van der Waals surface area (Å²) in [5, 5.41) is 1.05. The van der Waals surface area contributed by atoms with Crippen LogP contribution in [0.5, 0.6) is 0 Å². The lowest BCUT2D eigenvalue weighted by Crippen LogP contribution is -2.38. The molecule has 0 saturated heterocycles. The monoisotopic (exact) mass is 407 g/mol. The van der Waals surface area contributed by atoms with Crippen LogP contribution < -0.4 is 0 Å². The summed E-state index contributed by atoms with van der Waals surface area (Å²) in [6.07, 6.45) is 19.6. The highest BCUT2D eigenvalue weighted by molar-refractivity contribution is 7.91. The normalized spacial score (nSPS) is 24.2. The van der Waals surface area contributed by atoms with Gasteiger partial charge < -0.3 is 0 Å². The number of fused-ring (bicyclic) bond motifs is 1. The van der Waals surface area contributed by atoms with Gasteiger partial charge in [-0.1, -0.05) is 67.2 Å². The molecule has 2 aromatic rings. The Morgan fingerprint density at radius 3 is 2.72 bits per heavy atom. The summed E-state index contributed by atoms with van der Waals surface area (Å²) < 4.78 is 28.1. The van der Waals surface area contributed by atoms with Crippen molar-refractivity contribution in [2.75, 3.05) is 0 Å². The van der Waals surface area contributed by atoms with Crippen LogP contribution in [0, 0.1) is 12.8 Å². The fourth-order valence-electron chi connectivity index (χ4n) is 4.47. The second-order valence-electron chi connectivity index (χ2n) is 8.43. The molecule has 2 atom stereocenters. The number of benzene rings is 1. The number of allylic oxidation sites excluding steroid dienone is 7. The van der Waals surface area contributed by atoms with Gasteiger partial charge in [0.1, 0.15) is 4.75 Å². The maximum atomic E-state index is 13.8. The van der Waals surface area contributed by atoms with E-state index in [0.29, 0.717) is 12.3 Å². The van der Waals surface area contributed by atoms with Gasteiger partial charge in [0, 0.05) is 11.6 Å². The topological polar surface area (TPSA) is 39.1 Å². The third-order valence-electron chi connectivity index (χ3n) is 6.26. The van der Waals surface area contributed by atoms with Crippen LogP contribution >= 0.6 is 0 Å². The van der Waals surface area contributed by atoms with Crippen molar-refractivity contribution >= 4 is 20.9 Å². The van der Waals surface area contributed by atoms with Crippen molar-refractivity contribution in [3.05, 3.63) is 83.6 Å². The molecule has 0 amide bonds. The maximum absolute atomic E-state index is 13.8. The average Bonchev–Trinajstić information content (AvgIpc) is 3.18. The van der Waals surface area contributed by atoms with E-state index in [4.69, 9.17) is 0 Å². The molecule has 4 heteroatoms. The SMILES string of the molecule is CCC1=CC(C)(S(=O)(=O)n2ccc3c(CC4C=CC=CC4)ccc(C)c32)CC=C1. The van der Waals surface area contributed by atoms with Crippen molar-refractivity contribution in [2.45, 2.75) is 51.2 Å². The highest BCUT2D eigenvalue weighted by Crippen LogP contribution is 2.36. The van der Waals surface area contributed by atoms with Crippen LogP contribution in [0.3, 0.4) is 0 Å². The second kappa shape index (κ2) is 7.49. The largest absolute Gasteiger partial charge is 0.248 e. The second-order valence-corrected chi connectivity index (χ2v) is 10.7. The van der Waals surface area contributed by atoms with Crippen molar-refractivity contribution in [3.8, 4) is 0 Å². The molecule has 1 heterocycles. The molecule has 2 aliphatic rings. The van der Waals surface area contributed by atoms with Crippen LogP contribution in [0.1, 0.15) is 44.2 Å². The quantitative estimate of drug-likeness (QED) is 0.623. The first kappa shape index (κ1) is 20.0. The number of hydrogen-bond acceptors (Lipinski definition) is 2. The van der Waals surface area contributed by atoms with E-state index in [0.717, 1.165) is 41.3 Å². The van der Waals surface area contributed by atoms with E-state index in [9.17, 15) is 8.42 Å². The molecule has 0 fully saturated rings. The highest BCUT2D eigenvalue weighted by Gasteiger charge is 2.39. The fraction of sp³-hybridized carbons (Fsp3) is 0.360. The van der Waals surface area contributed by atoms with E-state index in [-0.39, 0.29) is 0 Å². The van der Waals surface area contributed by atoms with Gasteiger partial charge in [-0.2, -0.15) is 0 Å². The molecular formula is C25H29NO2S. The Kier molecular flexibility index (Phi) is 5.16. The number of hydrogen-bond donors (Lipinski definition) is 0. The van der Waals surface area contributed by atoms with E-state index >= 15 is 0 Å². The first-order valence-corrected chi connectivity index (χ1v) is 11.9. The first-order chi connectivity index (χ1) is 13.9. The average molecular weight is 408 g/mol. The van der Waals surface area contributed by atoms with Gasteiger partial charge in [0.05, 0.1) is 5.52 Å². The van der Waals surface area contributed by atoms with Gasteiger partial charge >= 0.3 is 0 Å². The summed E-state index contributed by atoms with van der Waals surface area (Å²) in [6.45, 7) is 5.90. The minimum Gasteiger partial charge on any atom is -0.244 e. The summed E-state index contributed by atoms with van der Waals surface area (Å²) in [4.78, 5) is 0. The van der Waals surface area contributed by atoms with Gasteiger partial charge in [-0.3, -0.25) is 0 Å². The van der Waals surface area contributed by atoms with Crippen molar-refractivity contribution in [1.29, 1.82) is 0 Å². The van der Waals surface area contributed by atoms with Crippen LogP contribution in [-0.2, 0) is 16.4 Å². The van der Waals surface area contributed by atoms with Crippen molar-refractivity contribution in [1.82, 2.24) is 3.97 Å². The lowest BCUT2D eigenvalue weighted by molar-refractivity contribution is 0.553. The van der Waals surface area contributed by atoms with Crippen molar-refractivity contribution < 1.29 is 8.42 Å². The molecule has 1 aromatic heterocycles. The van der Waals surface area contributed by atoms with Crippen LogP contribution in [0.4, 0.5) is 0 Å². The molecule has 0 aliphatic heterocycles. The Morgan fingerprint density at radius 1 is 1.17 bits per heavy atom. The number of nitrogens with zero attached hydrogens (tertiary/aromatic N) is 1. The molecule has 4 rings (SSSR count). The zero-order valence-electron chi connectivity index (χ0n) is 17.4. The molecule has 1 aromatic carbocycles. The van der Waals surface area contributed by atoms with Gasteiger partial charge in [-0.25, -0.2) is 12.4 Å². The molecule has 3 nitrogen and oxygen atoms in total. The van der Waals surface area contributed by atoms with Crippen LogP contribution in [0.2, 0.25) is 0 Å². The lowest BCUT2D eigenvalue weighted by Gasteiger charge is -2.29. The highest BCUT2D eigenvalue weighted by atomic mass is 32.2. The number of aromatic nitrogens is 1. The molecule has 2 aliphatic carbocycles. The van der Waals surface area contributed by atoms with Gasteiger partial charge in [0.25, 0.3) is 0 Å². The molecule has 152 valence electrons. The van der Waals surface area contributed by atoms with E-state index in [1.54, 1.807) is 6.20 Å². The Balaban J connectivity index is 1.80. The summed E-state index contributed by atoms with van der Waals surface area (Å²) in [6, 6.07) is 6.19. The zero-order chi connectivity index (χ0) is 20.6. The summed E-state index contributed by atoms with van der Waals surface area (Å²) >= 11 is 0. The number of rotatable bonds is 5. The molecule has 29 heavy (non-hydrogen) atoms. The predicted octanol–water partition coefficient (Wildman–Crippen LogP) is 5.86. The molecular weight excluding hydrogens is 378 g/mol. The minimum absolute atomic E-state index is 0.460. The van der Waals surface area contributed by atoms with Crippen LogP contribution in [-0.4, -0.2) is 17.1 Å². The Hall–Kier alpha value is -2.33. The zero-order valence-corrected chi connectivity index (χ0v) is 18.2. The first-order valence-electron chi connectivity index (χ1n) is 10.4. The van der Waals surface area contributed by atoms with E-state index < -0.39 is 14.8 Å². The van der Waals surface area contributed by atoms with Gasteiger partial charge in [0.15, 0.2) is 0 Å². The van der Waals surface area contributed by atoms with Gasteiger partial charge in [-0.05, 0) is 62.6 Å². The minimum atomic E-state index is -3.60. The van der Waals surface area contributed by atoms with Crippen molar-refractivity contribution in [2.24, 2.45) is 5.92 Å². The molecule has 0 saturated carbocycles. The molecule has 2 unspecified atom stereocenters. The van der Waals surface area contributed by atoms with Gasteiger partial charge in [-0.15, -0.1) is 0 Å². The molecule has 0 spiro atoms. The van der Waals surface area contributed by atoms with Crippen LogP contribution in [0.15, 0.2) is 72.5 Å². The standard InChI is InChI=1S/C25H29NO2S/c1-4-20-11-8-15-25(3,18-20)29(27,28)26-16-14-23-22(13-12-19(2)24(23)26)17-21-9-6-5-7-10-21/h5-9,11-14,16,18,21H,4,10,15,17H2,1-3H3. The summed E-state index contributed by atoms with van der Waals surface area (Å²) in [7, 11) is -3.60. The Bertz CT molecular complexity index is 1160. The van der Waals surface area contributed by atoms with Crippen molar-refractivity contribution in [3.63, 3.8) is 0 Å². The predicted molar refractivity (Wildman–Crippen MR) is 122 cm³/mol. The summed E-state index contributed by atoms with van der Waals surface area (Å²) in [5.41, 5.74) is 4.10.